The topological polar surface area (TPSA) is 87.8 Å². The zero-order chi connectivity index (χ0) is 19.3. The minimum atomic E-state index is -0.684. The molecule has 0 bridgehead atoms. The first-order chi connectivity index (χ1) is 12.3. The van der Waals surface area contributed by atoms with Crippen LogP contribution in [-0.4, -0.2) is 25.6 Å². The molecular weight excluding hydrogens is 433 g/mol. The lowest BCUT2D eigenvalue weighted by Gasteiger charge is -2.13. The molecule has 0 fully saturated rings. The Morgan fingerprint density at radius 1 is 1.27 bits per heavy atom. The Balaban J connectivity index is 2.15. The molecule has 0 unspecified atom stereocenters. The van der Waals surface area contributed by atoms with E-state index in [0.717, 1.165) is 0 Å². The molecule has 0 atom stereocenters. The van der Waals surface area contributed by atoms with Gasteiger partial charge in [-0.25, -0.2) is 9.18 Å². The fourth-order valence-electron chi connectivity index (χ4n) is 1.99. The van der Waals surface area contributed by atoms with Gasteiger partial charge in [-0.2, -0.15) is 0 Å². The summed E-state index contributed by atoms with van der Waals surface area (Å²) in [4.78, 5) is 23.1. The van der Waals surface area contributed by atoms with E-state index in [4.69, 9.17) is 31.5 Å². The first kappa shape index (κ1) is 20.0. The SMILES string of the molecule is COc1cc(C(=O)OCc2ccc(F)cc2Br)cc(Cl)c1OCC(N)=O. The van der Waals surface area contributed by atoms with E-state index in [2.05, 4.69) is 15.9 Å². The summed E-state index contributed by atoms with van der Waals surface area (Å²) >= 11 is 9.29. The van der Waals surface area contributed by atoms with Crippen LogP contribution in [0.3, 0.4) is 0 Å². The molecule has 2 rings (SSSR count). The summed E-state index contributed by atoms with van der Waals surface area (Å²) in [6, 6.07) is 6.72. The summed E-state index contributed by atoms with van der Waals surface area (Å²) < 4.78 is 29.1. The zero-order valence-electron chi connectivity index (χ0n) is 13.6. The van der Waals surface area contributed by atoms with Crippen LogP contribution in [-0.2, 0) is 16.1 Å². The Hall–Kier alpha value is -2.32. The highest BCUT2D eigenvalue weighted by molar-refractivity contribution is 9.10. The van der Waals surface area contributed by atoms with Gasteiger partial charge in [-0.1, -0.05) is 33.6 Å². The van der Waals surface area contributed by atoms with E-state index in [9.17, 15) is 14.0 Å². The predicted molar refractivity (Wildman–Crippen MR) is 95.9 cm³/mol. The van der Waals surface area contributed by atoms with E-state index in [1.54, 1.807) is 0 Å². The highest BCUT2D eigenvalue weighted by Crippen LogP contribution is 2.36. The fraction of sp³-hybridized carbons (Fsp3) is 0.176. The molecule has 1 amide bonds. The number of benzene rings is 2. The number of ether oxygens (including phenoxy) is 3. The van der Waals surface area contributed by atoms with Gasteiger partial charge in [0.1, 0.15) is 12.4 Å². The van der Waals surface area contributed by atoms with Crippen molar-refractivity contribution >= 4 is 39.4 Å². The lowest BCUT2D eigenvalue weighted by molar-refractivity contribution is -0.119. The van der Waals surface area contributed by atoms with Crippen LogP contribution in [0.4, 0.5) is 4.39 Å². The second-order valence-electron chi connectivity index (χ2n) is 5.06. The van der Waals surface area contributed by atoms with Crippen molar-refractivity contribution in [1.29, 1.82) is 0 Å². The standard InChI is InChI=1S/C17H14BrClFNO5/c1-24-14-5-10(4-13(19)16(14)25-8-15(21)22)17(23)26-7-9-2-3-11(20)6-12(9)18/h2-6H,7-8H2,1H3,(H2,21,22). The van der Waals surface area contributed by atoms with Gasteiger partial charge in [0.25, 0.3) is 5.91 Å². The molecule has 0 aromatic heterocycles. The number of hydrogen-bond acceptors (Lipinski definition) is 5. The highest BCUT2D eigenvalue weighted by atomic mass is 79.9. The highest BCUT2D eigenvalue weighted by Gasteiger charge is 2.18. The van der Waals surface area contributed by atoms with Gasteiger partial charge in [-0.05, 0) is 24.3 Å². The maximum Gasteiger partial charge on any atom is 0.338 e. The number of rotatable bonds is 7. The number of halogens is 3. The van der Waals surface area contributed by atoms with Crippen molar-refractivity contribution in [3.8, 4) is 11.5 Å². The van der Waals surface area contributed by atoms with E-state index < -0.39 is 24.3 Å². The third-order valence-corrected chi connectivity index (χ3v) is 4.22. The van der Waals surface area contributed by atoms with Crippen molar-refractivity contribution < 1.29 is 28.2 Å². The van der Waals surface area contributed by atoms with Gasteiger partial charge in [-0.15, -0.1) is 0 Å². The molecule has 6 nitrogen and oxygen atoms in total. The number of hydrogen-bond donors (Lipinski definition) is 1. The van der Waals surface area contributed by atoms with E-state index >= 15 is 0 Å². The van der Waals surface area contributed by atoms with E-state index in [-0.39, 0.29) is 28.7 Å². The second kappa shape index (κ2) is 8.86. The molecule has 2 aromatic carbocycles. The van der Waals surface area contributed by atoms with Crippen molar-refractivity contribution in [3.05, 3.63) is 56.8 Å². The van der Waals surface area contributed by atoms with E-state index in [1.807, 2.05) is 0 Å². The van der Waals surface area contributed by atoms with Gasteiger partial charge in [0.15, 0.2) is 18.1 Å². The van der Waals surface area contributed by atoms with Crippen molar-refractivity contribution in [2.75, 3.05) is 13.7 Å². The summed E-state index contributed by atoms with van der Waals surface area (Å²) in [6.07, 6.45) is 0. The Morgan fingerprint density at radius 2 is 2.00 bits per heavy atom. The first-order valence-electron chi connectivity index (χ1n) is 7.21. The summed E-state index contributed by atoms with van der Waals surface area (Å²) in [7, 11) is 1.35. The Kier molecular flexibility index (Phi) is 6.82. The van der Waals surface area contributed by atoms with Crippen LogP contribution in [0.5, 0.6) is 11.5 Å². The van der Waals surface area contributed by atoms with Crippen molar-refractivity contribution in [1.82, 2.24) is 0 Å². The molecule has 2 N–H and O–H groups in total. The molecule has 0 aliphatic carbocycles. The molecule has 138 valence electrons. The van der Waals surface area contributed by atoms with Crippen LogP contribution in [0, 0.1) is 5.82 Å². The van der Waals surface area contributed by atoms with Gasteiger partial charge in [0.05, 0.1) is 17.7 Å². The van der Waals surface area contributed by atoms with Crippen LogP contribution in [0.2, 0.25) is 5.02 Å². The van der Waals surface area contributed by atoms with Crippen LogP contribution in [0.1, 0.15) is 15.9 Å². The predicted octanol–water partition coefficient (Wildman–Crippen LogP) is 3.47. The molecule has 0 heterocycles. The zero-order valence-corrected chi connectivity index (χ0v) is 15.9. The number of carbonyl (C=O) groups is 2. The average Bonchev–Trinajstić information content (AvgIpc) is 2.58. The van der Waals surface area contributed by atoms with Crippen molar-refractivity contribution in [2.45, 2.75) is 6.61 Å². The molecule has 26 heavy (non-hydrogen) atoms. The van der Waals surface area contributed by atoms with Crippen LogP contribution >= 0.6 is 27.5 Å². The van der Waals surface area contributed by atoms with Gasteiger partial charge < -0.3 is 19.9 Å². The molecule has 0 spiro atoms. The van der Waals surface area contributed by atoms with Gasteiger partial charge in [-0.3, -0.25) is 4.79 Å². The summed E-state index contributed by atoms with van der Waals surface area (Å²) in [5.74, 6) is -1.52. The van der Waals surface area contributed by atoms with Gasteiger partial charge in [0.2, 0.25) is 0 Å². The monoisotopic (exact) mass is 445 g/mol. The normalized spacial score (nSPS) is 10.3. The van der Waals surface area contributed by atoms with Crippen LogP contribution in [0.25, 0.3) is 0 Å². The number of methoxy groups -OCH3 is 1. The lowest BCUT2D eigenvalue weighted by Crippen LogP contribution is -2.20. The molecule has 0 saturated heterocycles. The summed E-state index contributed by atoms with van der Waals surface area (Å²) in [6.45, 7) is -0.460. The molecule has 2 aromatic rings. The third kappa shape index (κ3) is 5.09. The number of primary amides is 1. The van der Waals surface area contributed by atoms with Crippen LogP contribution < -0.4 is 15.2 Å². The maximum atomic E-state index is 13.1. The molecule has 0 saturated carbocycles. The number of carbonyl (C=O) groups excluding carboxylic acids is 2. The second-order valence-corrected chi connectivity index (χ2v) is 6.32. The number of esters is 1. The number of amides is 1. The van der Waals surface area contributed by atoms with Crippen molar-refractivity contribution in [2.24, 2.45) is 5.73 Å². The third-order valence-electron chi connectivity index (χ3n) is 3.20. The maximum absolute atomic E-state index is 13.1. The summed E-state index contributed by atoms with van der Waals surface area (Å²) in [5, 5.41) is 0.0560. The minimum Gasteiger partial charge on any atom is -0.493 e. The first-order valence-corrected chi connectivity index (χ1v) is 8.38. The molecule has 0 radical (unpaired) electrons. The van der Waals surface area contributed by atoms with E-state index in [0.29, 0.717) is 10.0 Å². The molecular formula is C17H14BrClFNO5. The van der Waals surface area contributed by atoms with E-state index in [1.165, 1.54) is 37.4 Å². The van der Waals surface area contributed by atoms with Gasteiger partial charge >= 0.3 is 5.97 Å². The van der Waals surface area contributed by atoms with Gasteiger partial charge in [0, 0.05) is 10.0 Å². The van der Waals surface area contributed by atoms with Crippen LogP contribution in [0.15, 0.2) is 34.8 Å². The Bertz CT molecular complexity index is 846. The molecule has 0 aliphatic rings. The minimum absolute atomic E-state index is 0.0560. The molecule has 0 aliphatic heterocycles. The smallest absolute Gasteiger partial charge is 0.338 e. The molecule has 9 heteroatoms. The number of nitrogens with two attached hydrogens (primary N) is 1. The van der Waals surface area contributed by atoms with Crippen molar-refractivity contribution in [3.63, 3.8) is 0 Å². The largest absolute Gasteiger partial charge is 0.493 e. The quantitative estimate of drug-likeness (QED) is 0.658. The average molecular weight is 447 g/mol. The Labute approximate surface area is 162 Å². The Morgan fingerprint density at radius 3 is 2.62 bits per heavy atom. The lowest BCUT2D eigenvalue weighted by atomic mass is 10.2. The summed E-state index contributed by atoms with van der Waals surface area (Å²) in [5.41, 5.74) is 5.75. The fourth-order valence-corrected chi connectivity index (χ4v) is 2.72.